The Bertz CT molecular complexity index is 745. The smallest absolute Gasteiger partial charge is 0.142 e. The Balaban J connectivity index is 1.96. The van der Waals surface area contributed by atoms with Crippen molar-refractivity contribution in [2.75, 3.05) is 0 Å². The molecule has 2 aromatic heterocycles. The van der Waals surface area contributed by atoms with Gasteiger partial charge in [0.1, 0.15) is 11.4 Å². The van der Waals surface area contributed by atoms with Crippen molar-refractivity contribution in [3.8, 4) is 17.0 Å². The van der Waals surface area contributed by atoms with E-state index in [4.69, 9.17) is 4.74 Å². The molecule has 3 rings (SSSR count). The molecular weight excluding hydrogens is 264 g/mol. The molecule has 3 aromatic rings. The summed E-state index contributed by atoms with van der Waals surface area (Å²) < 4.78 is 7.57. The third-order valence-electron chi connectivity index (χ3n) is 3.26. The molecule has 0 aliphatic heterocycles. The lowest BCUT2D eigenvalue weighted by atomic mass is 10.1. The van der Waals surface area contributed by atoms with Gasteiger partial charge in [-0.2, -0.15) is 0 Å². The summed E-state index contributed by atoms with van der Waals surface area (Å²) in [4.78, 5) is 4.61. The summed E-state index contributed by atoms with van der Waals surface area (Å²) in [5, 5.41) is 9.37. The van der Waals surface area contributed by atoms with Crippen LogP contribution in [0.25, 0.3) is 16.9 Å². The van der Waals surface area contributed by atoms with Crippen LogP contribution in [0.5, 0.6) is 5.75 Å². The minimum Gasteiger partial charge on any atom is -0.491 e. The largest absolute Gasteiger partial charge is 0.491 e. The van der Waals surface area contributed by atoms with Crippen LogP contribution in [-0.2, 0) is 6.61 Å². The average molecular weight is 282 g/mol. The lowest BCUT2D eigenvalue weighted by molar-refractivity contribution is 0.242. The van der Waals surface area contributed by atoms with Crippen molar-refractivity contribution in [2.45, 2.75) is 26.6 Å². The van der Waals surface area contributed by atoms with Crippen molar-refractivity contribution < 1.29 is 9.84 Å². The molecule has 0 bridgehead atoms. The second-order valence-corrected chi connectivity index (χ2v) is 5.24. The molecule has 0 saturated carbocycles. The number of pyridine rings is 1. The molecule has 0 atom stereocenters. The molecule has 0 radical (unpaired) electrons. The molecule has 0 saturated heterocycles. The van der Waals surface area contributed by atoms with Crippen molar-refractivity contribution in [1.82, 2.24) is 9.38 Å². The van der Waals surface area contributed by atoms with Gasteiger partial charge in [0.25, 0.3) is 0 Å². The molecule has 0 aliphatic carbocycles. The molecule has 4 heteroatoms. The van der Waals surface area contributed by atoms with Gasteiger partial charge in [-0.3, -0.25) is 0 Å². The van der Waals surface area contributed by atoms with E-state index in [1.807, 2.05) is 67.0 Å². The Kier molecular flexibility index (Phi) is 3.62. The molecule has 0 amide bonds. The Labute approximate surface area is 123 Å². The van der Waals surface area contributed by atoms with Gasteiger partial charge in [-0.15, -0.1) is 0 Å². The number of nitrogens with zero attached hydrogens (tertiary/aromatic N) is 2. The van der Waals surface area contributed by atoms with E-state index in [0.717, 1.165) is 28.2 Å². The lowest BCUT2D eigenvalue weighted by Crippen LogP contribution is -2.05. The number of hydrogen-bond donors (Lipinski definition) is 1. The maximum Gasteiger partial charge on any atom is 0.142 e. The highest BCUT2D eigenvalue weighted by Crippen LogP contribution is 2.23. The summed E-state index contributed by atoms with van der Waals surface area (Å²) in [6.45, 7) is 4.00. The van der Waals surface area contributed by atoms with Gasteiger partial charge in [0, 0.05) is 23.5 Å². The van der Waals surface area contributed by atoms with Crippen LogP contribution in [0, 0.1) is 0 Å². The van der Waals surface area contributed by atoms with Crippen molar-refractivity contribution in [3.05, 3.63) is 54.4 Å². The minimum atomic E-state index is -0.0119. The van der Waals surface area contributed by atoms with E-state index >= 15 is 0 Å². The molecule has 0 spiro atoms. The number of aliphatic hydroxyl groups is 1. The van der Waals surface area contributed by atoms with E-state index in [2.05, 4.69) is 4.98 Å². The highest BCUT2D eigenvalue weighted by Gasteiger charge is 2.08. The fourth-order valence-corrected chi connectivity index (χ4v) is 2.31. The lowest BCUT2D eigenvalue weighted by Gasteiger charge is -2.09. The van der Waals surface area contributed by atoms with Crippen LogP contribution in [0.4, 0.5) is 0 Å². The van der Waals surface area contributed by atoms with E-state index in [9.17, 15) is 5.11 Å². The summed E-state index contributed by atoms with van der Waals surface area (Å²) in [6, 6.07) is 11.7. The maximum absolute atomic E-state index is 9.37. The molecule has 4 nitrogen and oxygen atoms in total. The quantitative estimate of drug-likeness (QED) is 0.798. The van der Waals surface area contributed by atoms with Crippen LogP contribution in [0.1, 0.15) is 19.4 Å². The first-order chi connectivity index (χ1) is 10.2. The molecule has 108 valence electrons. The Morgan fingerprint density at radius 3 is 2.62 bits per heavy atom. The molecule has 0 unspecified atom stereocenters. The van der Waals surface area contributed by atoms with Gasteiger partial charge in [0.15, 0.2) is 0 Å². The van der Waals surface area contributed by atoms with Gasteiger partial charge >= 0.3 is 0 Å². The van der Waals surface area contributed by atoms with E-state index in [1.165, 1.54) is 0 Å². The SMILES string of the molecule is CC(C)Oc1ccc(-c2cn3cccc(CO)c3n2)cc1. The van der Waals surface area contributed by atoms with Gasteiger partial charge in [-0.05, 0) is 44.2 Å². The summed E-state index contributed by atoms with van der Waals surface area (Å²) in [5.41, 5.74) is 3.52. The monoisotopic (exact) mass is 282 g/mol. The number of fused-ring (bicyclic) bond motifs is 1. The van der Waals surface area contributed by atoms with Crippen LogP contribution in [0.2, 0.25) is 0 Å². The van der Waals surface area contributed by atoms with Gasteiger partial charge < -0.3 is 14.2 Å². The van der Waals surface area contributed by atoms with Crippen molar-refractivity contribution in [1.29, 1.82) is 0 Å². The first kappa shape index (κ1) is 13.6. The van der Waals surface area contributed by atoms with E-state index in [-0.39, 0.29) is 12.7 Å². The summed E-state index contributed by atoms with van der Waals surface area (Å²) in [6.07, 6.45) is 4.06. The minimum absolute atomic E-state index is 0.0119. The Morgan fingerprint density at radius 1 is 1.19 bits per heavy atom. The maximum atomic E-state index is 9.37. The van der Waals surface area contributed by atoms with Crippen molar-refractivity contribution >= 4 is 5.65 Å². The van der Waals surface area contributed by atoms with E-state index in [0.29, 0.717) is 0 Å². The Hall–Kier alpha value is -2.33. The fraction of sp³-hybridized carbons (Fsp3) is 0.235. The van der Waals surface area contributed by atoms with Gasteiger partial charge in [-0.25, -0.2) is 4.98 Å². The fourth-order valence-electron chi connectivity index (χ4n) is 2.31. The van der Waals surface area contributed by atoms with Gasteiger partial charge in [-0.1, -0.05) is 6.07 Å². The number of aliphatic hydroxyl groups excluding tert-OH is 1. The average Bonchev–Trinajstić information content (AvgIpc) is 2.91. The normalized spacial score (nSPS) is 11.2. The molecule has 0 fully saturated rings. The number of rotatable bonds is 4. The van der Waals surface area contributed by atoms with Crippen LogP contribution in [0.15, 0.2) is 48.8 Å². The van der Waals surface area contributed by atoms with Crippen molar-refractivity contribution in [3.63, 3.8) is 0 Å². The second-order valence-electron chi connectivity index (χ2n) is 5.24. The summed E-state index contributed by atoms with van der Waals surface area (Å²) >= 11 is 0. The van der Waals surface area contributed by atoms with E-state index < -0.39 is 0 Å². The molecule has 0 aliphatic rings. The highest BCUT2D eigenvalue weighted by molar-refractivity contribution is 5.64. The van der Waals surface area contributed by atoms with Crippen LogP contribution < -0.4 is 4.74 Å². The molecule has 1 aromatic carbocycles. The van der Waals surface area contributed by atoms with Gasteiger partial charge in [0.05, 0.1) is 18.4 Å². The van der Waals surface area contributed by atoms with Crippen LogP contribution >= 0.6 is 0 Å². The van der Waals surface area contributed by atoms with E-state index in [1.54, 1.807) is 0 Å². The predicted octanol–water partition coefficient (Wildman–Crippen LogP) is 3.28. The topological polar surface area (TPSA) is 46.8 Å². The number of aromatic nitrogens is 2. The third kappa shape index (κ3) is 2.76. The third-order valence-corrected chi connectivity index (χ3v) is 3.26. The predicted molar refractivity (Wildman–Crippen MR) is 82.3 cm³/mol. The zero-order valence-corrected chi connectivity index (χ0v) is 12.2. The Morgan fingerprint density at radius 2 is 1.95 bits per heavy atom. The van der Waals surface area contributed by atoms with Crippen molar-refractivity contribution in [2.24, 2.45) is 0 Å². The standard InChI is InChI=1S/C17H18N2O2/c1-12(2)21-15-7-5-13(6-8-15)16-10-19-9-3-4-14(11-20)17(19)18-16/h3-10,12,20H,11H2,1-2H3. The number of imidazole rings is 1. The molecular formula is C17H18N2O2. The first-order valence-electron chi connectivity index (χ1n) is 7.02. The molecule has 1 N–H and O–H groups in total. The number of benzene rings is 1. The van der Waals surface area contributed by atoms with Crippen LogP contribution in [-0.4, -0.2) is 20.6 Å². The molecule has 2 heterocycles. The molecule has 21 heavy (non-hydrogen) atoms. The first-order valence-corrected chi connectivity index (χ1v) is 7.02. The summed E-state index contributed by atoms with van der Waals surface area (Å²) in [5.74, 6) is 0.855. The zero-order chi connectivity index (χ0) is 14.8. The number of hydrogen-bond acceptors (Lipinski definition) is 3. The second kappa shape index (κ2) is 5.58. The van der Waals surface area contributed by atoms with Gasteiger partial charge in [0.2, 0.25) is 0 Å². The number of ether oxygens (including phenoxy) is 1. The van der Waals surface area contributed by atoms with Crippen LogP contribution in [0.3, 0.4) is 0 Å². The summed E-state index contributed by atoms with van der Waals surface area (Å²) in [7, 11) is 0. The zero-order valence-electron chi connectivity index (χ0n) is 12.2. The highest BCUT2D eigenvalue weighted by atomic mass is 16.5.